The van der Waals surface area contributed by atoms with Gasteiger partial charge in [-0.3, -0.25) is 0 Å². The number of nitro groups is 1. The predicted molar refractivity (Wildman–Crippen MR) is 40.0 cm³/mol. The van der Waals surface area contributed by atoms with Crippen molar-refractivity contribution in [3.8, 4) is 6.07 Å². The van der Waals surface area contributed by atoms with Gasteiger partial charge in [0, 0.05) is 6.07 Å². The fourth-order valence-electron chi connectivity index (χ4n) is 0.705. The average Bonchev–Trinajstić information content (AvgIpc) is 2.04. The molecule has 0 saturated carbocycles. The number of nitrogens with zero attached hydrogens (tertiary/aromatic N) is 3. The lowest BCUT2D eigenvalue weighted by molar-refractivity contribution is -0.388. The summed E-state index contributed by atoms with van der Waals surface area (Å²) in [7, 11) is 0. The maximum Gasteiger partial charge on any atom is 0.388 e. The third-order valence-corrected chi connectivity index (χ3v) is 1.26. The molecule has 0 spiro atoms. The second-order valence-corrected chi connectivity index (χ2v) is 1.96. The molecule has 0 aliphatic carbocycles. The largest absolute Gasteiger partial charge is 0.391 e. The Hall–Kier alpha value is -2.16. The molecule has 0 aliphatic rings. The van der Waals surface area contributed by atoms with Crippen LogP contribution in [0.3, 0.4) is 0 Å². The molecular weight excluding hydrogens is 160 g/mol. The molecule has 1 aromatic heterocycles. The summed E-state index contributed by atoms with van der Waals surface area (Å²) in [5.41, 5.74) is 5.14. The van der Waals surface area contributed by atoms with Crippen molar-refractivity contribution in [3.05, 3.63) is 27.9 Å². The Morgan fingerprint density at radius 3 is 2.92 bits per heavy atom. The number of anilines is 1. The number of hydrogen-bond donors (Lipinski definition) is 1. The van der Waals surface area contributed by atoms with Crippen LogP contribution in [0.4, 0.5) is 11.5 Å². The highest BCUT2D eigenvalue weighted by atomic mass is 16.6. The van der Waals surface area contributed by atoms with E-state index in [4.69, 9.17) is 11.0 Å². The number of hydrogen-bond acceptors (Lipinski definition) is 5. The molecule has 0 unspecified atom stereocenters. The molecule has 1 heterocycles. The lowest BCUT2D eigenvalue weighted by atomic mass is 10.2. The first-order chi connectivity index (χ1) is 5.66. The molecule has 6 nitrogen and oxygen atoms in total. The Morgan fingerprint density at radius 1 is 1.75 bits per heavy atom. The predicted octanol–water partition coefficient (Wildman–Crippen LogP) is 0.444. The Bertz CT molecular complexity index is 368. The number of nitrogen functional groups attached to an aromatic ring is 1. The Morgan fingerprint density at radius 2 is 2.42 bits per heavy atom. The number of nitriles is 1. The smallest absolute Gasteiger partial charge is 0.388 e. The van der Waals surface area contributed by atoms with E-state index in [-0.39, 0.29) is 11.3 Å². The third-order valence-electron chi connectivity index (χ3n) is 1.26. The fourth-order valence-corrected chi connectivity index (χ4v) is 0.705. The van der Waals surface area contributed by atoms with Gasteiger partial charge < -0.3 is 15.8 Å². The van der Waals surface area contributed by atoms with E-state index >= 15 is 0 Å². The molecule has 1 rings (SSSR count). The molecule has 6 heteroatoms. The van der Waals surface area contributed by atoms with Crippen molar-refractivity contribution < 1.29 is 4.92 Å². The summed E-state index contributed by atoms with van der Waals surface area (Å²) in [5.74, 6) is -0.478. The van der Waals surface area contributed by atoms with Crippen LogP contribution in [0.2, 0.25) is 0 Å². The normalized spacial score (nSPS) is 8.92. The molecule has 0 amide bonds. The van der Waals surface area contributed by atoms with Crippen LogP contribution in [0.15, 0.2) is 12.3 Å². The van der Waals surface area contributed by atoms with E-state index in [1.165, 1.54) is 12.3 Å². The average molecular weight is 164 g/mol. The van der Waals surface area contributed by atoms with Gasteiger partial charge in [0.05, 0.1) is 5.56 Å². The van der Waals surface area contributed by atoms with E-state index < -0.39 is 10.7 Å². The molecular formula is C6H4N4O2. The maximum atomic E-state index is 10.2. The number of rotatable bonds is 1. The van der Waals surface area contributed by atoms with Gasteiger partial charge in [0.15, 0.2) is 0 Å². The second-order valence-electron chi connectivity index (χ2n) is 1.96. The highest BCUT2D eigenvalue weighted by Crippen LogP contribution is 2.20. The van der Waals surface area contributed by atoms with Gasteiger partial charge in [-0.05, 0) is 9.91 Å². The lowest BCUT2D eigenvalue weighted by Crippen LogP contribution is -2.00. The molecule has 60 valence electrons. The molecule has 1 aromatic rings. The van der Waals surface area contributed by atoms with Crippen LogP contribution in [-0.2, 0) is 0 Å². The maximum absolute atomic E-state index is 10.2. The highest BCUT2D eigenvalue weighted by molar-refractivity contribution is 5.63. The van der Waals surface area contributed by atoms with Crippen molar-refractivity contribution in [2.45, 2.75) is 0 Å². The van der Waals surface area contributed by atoms with Crippen molar-refractivity contribution in [1.29, 1.82) is 5.26 Å². The molecule has 0 atom stereocenters. The first kappa shape index (κ1) is 7.94. The van der Waals surface area contributed by atoms with Gasteiger partial charge in [-0.2, -0.15) is 5.26 Å². The van der Waals surface area contributed by atoms with Crippen LogP contribution in [-0.4, -0.2) is 9.91 Å². The van der Waals surface area contributed by atoms with Crippen LogP contribution in [0.5, 0.6) is 0 Å². The van der Waals surface area contributed by atoms with Crippen molar-refractivity contribution in [1.82, 2.24) is 4.98 Å². The van der Waals surface area contributed by atoms with Gasteiger partial charge in [-0.1, -0.05) is 0 Å². The fraction of sp³-hybridized carbons (Fsp3) is 0. The lowest BCUT2D eigenvalue weighted by Gasteiger charge is -1.96. The highest BCUT2D eigenvalue weighted by Gasteiger charge is 2.15. The Labute approximate surface area is 67.4 Å². The molecule has 12 heavy (non-hydrogen) atoms. The van der Waals surface area contributed by atoms with Crippen LogP contribution in [0, 0.1) is 21.4 Å². The molecule has 2 N–H and O–H groups in total. The van der Waals surface area contributed by atoms with Crippen molar-refractivity contribution in [2.24, 2.45) is 0 Å². The minimum atomic E-state index is -0.726. The molecule has 0 saturated heterocycles. The van der Waals surface area contributed by atoms with Crippen molar-refractivity contribution in [3.63, 3.8) is 0 Å². The first-order valence-electron chi connectivity index (χ1n) is 2.95. The molecule has 0 aliphatic heterocycles. The molecule has 0 aromatic carbocycles. The van der Waals surface area contributed by atoms with E-state index in [1.54, 1.807) is 6.07 Å². The summed E-state index contributed by atoms with van der Waals surface area (Å²) in [5, 5.41) is 18.7. The first-order valence-corrected chi connectivity index (χ1v) is 2.95. The van der Waals surface area contributed by atoms with Gasteiger partial charge in [0.1, 0.15) is 18.0 Å². The summed E-state index contributed by atoms with van der Waals surface area (Å²) in [4.78, 5) is 12.9. The van der Waals surface area contributed by atoms with Crippen LogP contribution >= 0.6 is 0 Å². The van der Waals surface area contributed by atoms with E-state index in [2.05, 4.69) is 4.98 Å². The minimum Gasteiger partial charge on any atom is -0.391 e. The third kappa shape index (κ3) is 1.15. The molecule has 0 radical (unpaired) electrons. The van der Waals surface area contributed by atoms with Gasteiger partial charge in [0.25, 0.3) is 0 Å². The monoisotopic (exact) mass is 164 g/mol. The van der Waals surface area contributed by atoms with E-state index in [9.17, 15) is 10.1 Å². The van der Waals surface area contributed by atoms with Gasteiger partial charge >= 0.3 is 5.82 Å². The van der Waals surface area contributed by atoms with Crippen LogP contribution in [0.25, 0.3) is 0 Å². The SMILES string of the molecule is N#Cc1ccnc([N+](=O)[O-])c1N. The van der Waals surface area contributed by atoms with Crippen LogP contribution in [0.1, 0.15) is 5.56 Å². The quantitative estimate of drug-likeness (QED) is 0.478. The van der Waals surface area contributed by atoms with Gasteiger partial charge in [0.2, 0.25) is 0 Å². The summed E-state index contributed by atoms with van der Waals surface area (Å²) >= 11 is 0. The number of pyridine rings is 1. The Balaban J connectivity index is 3.35. The second kappa shape index (κ2) is 2.84. The standard InChI is InChI=1S/C6H4N4O2/c7-3-4-1-2-9-6(5(4)8)10(11)12/h1-2H,8H2. The summed E-state index contributed by atoms with van der Waals surface area (Å²) in [6.07, 6.45) is 1.17. The zero-order chi connectivity index (χ0) is 9.14. The van der Waals surface area contributed by atoms with Gasteiger partial charge in [-0.15, -0.1) is 0 Å². The van der Waals surface area contributed by atoms with Crippen molar-refractivity contribution in [2.75, 3.05) is 5.73 Å². The van der Waals surface area contributed by atoms with Crippen molar-refractivity contribution >= 4 is 11.5 Å². The molecule has 0 fully saturated rings. The minimum absolute atomic E-state index is 0.0664. The zero-order valence-corrected chi connectivity index (χ0v) is 5.89. The Kier molecular flexibility index (Phi) is 1.88. The van der Waals surface area contributed by atoms with E-state index in [0.717, 1.165) is 0 Å². The topological polar surface area (TPSA) is 106 Å². The summed E-state index contributed by atoms with van der Waals surface area (Å²) in [6, 6.07) is 3.04. The van der Waals surface area contributed by atoms with E-state index in [0.29, 0.717) is 0 Å². The van der Waals surface area contributed by atoms with E-state index in [1.807, 2.05) is 0 Å². The number of nitrogens with two attached hydrogens (primary N) is 1. The van der Waals surface area contributed by atoms with Gasteiger partial charge in [-0.25, -0.2) is 0 Å². The summed E-state index contributed by atoms with van der Waals surface area (Å²) < 4.78 is 0. The molecule has 0 bridgehead atoms. The zero-order valence-electron chi connectivity index (χ0n) is 5.89. The van der Waals surface area contributed by atoms with Crippen LogP contribution < -0.4 is 5.73 Å². The number of aromatic nitrogens is 1. The summed E-state index contributed by atoms with van der Waals surface area (Å²) in [6.45, 7) is 0.